The molecule has 0 unspecified atom stereocenters. The molecule has 3 N–H and O–H groups in total. The number of hydrogen-bond acceptors (Lipinski definition) is 5. The van der Waals surface area contributed by atoms with E-state index in [4.69, 9.17) is 4.74 Å². The maximum absolute atomic E-state index is 11.5. The van der Waals surface area contributed by atoms with Crippen molar-refractivity contribution in [2.45, 2.75) is 6.61 Å². The van der Waals surface area contributed by atoms with Crippen molar-refractivity contribution < 1.29 is 4.74 Å². The molecule has 0 saturated heterocycles. The molecule has 0 amide bonds. The molecule has 2 heterocycles. The normalized spacial score (nSPS) is 10.8. The summed E-state index contributed by atoms with van der Waals surface area (Å²) < 4.78 is 4.98. The standard InChI is InChI=1S/C13H13N5O2/c1-20-7-10-5-12(19)17-13(16-10)15-9-3-2-8-6-14-18-11(8)4-9/h2-6H,7H2,1H3,(H,14,18)(H2,15,16,17,19). The van der Waals surface area contributed by atoms with Gasteiger partial charge in [0.05, 0.1) is 24.0 Å². The molecule has 0 radical (unpaired) electrons. The molecule has 0 spiro atoms. The molecule has 7 nitrogen and oxygen atoms in total. The van der Waals surface area contributed by atoms with Crippen molar-refractivity contribution in [1.82, 2.24) is 20.2 Å². The summed E-state index contributed by atoms with van der Waals surface area (Å²) in [6.07, 6.45) is 1.75. The van der Waals surface area contributed by atoms with Crippen molar-refractivity contribution in [3.05, 3.63) is 46.5 Å². The minimum absolute atomic E-state index is 0.225. The third-order valence-corrected chi connectivity index (χ3v) is 2.79. The molecular weight excluding hydrogens is 258 g/mol. The molecule has 102 valence electrons. The average molecular weight is 271 g/mol. The number of fused-ring (bicyclic) bond motifs is 1. The largest absolute Gasteiger partial charge is 0.378 e. The van der Waals surface area contributed by atoms with Crippen molar-refractivity contribution >= 4 is 22.5 Å². The Morgan fingerprint density at radius 2 is 2.25 bits per heavy atom. The maximum Gasteiger partial charge on any atom is 0.252 e. The molecular formula is C13H13N5O2. The first-order valence-electron chi connectivity index (χ1n) is 6.04. The highest BCUT2D eigenvalue weighted by Crippen LogP contribution is 2.18. The van der Waals surface area contributed by atoms with Gasteiger partial charge in [-0.15, -0.1) is 0 Å². The number of ether oxygens (including phenoxy) is 1. The zero-order valence-electron chi connectivity index (χ0n) is 10.8. The van der Waals surface area contributed by atoms with Gasteiger partial charge in [-0.05, 0) is 18.2 Å². The summed E-state index contributed by atoms with van der Waals surface area (Å²) in [6, 6.07) is 7.12. The van der Waals surface area contributed by atoms with E-state index in [0.29, 0.717) is 11.6 Å². The lowest BCUT2D eigenvalue weighted by molar-refractivity contribution is 0.181. The van der Waals surface area contributed by atoms with E-state index in [1.54, 1.807) is 13.3 Å². The molecule has 1 aromatic carbocycles. The average Bonchev–Trinajstić information content (AvgIpc) is 2.85. The van der Waals surface area contributed by atoms with Gasteiger partial charge in [0.1, 0.15) is 0 Å². The molecule has 0 atom stereocenters. The van der Waals surface area contributed by atoms with Crippen LogP contribution in [0.1, 0.15) is 5.69 Å². The summed E-state index contributed by atoms with van der Waals surface area (Å²) in [5.41, 5.74) is 2.06. The van der Waals surface area contributed by atoms with Crippen molar-refractivity contribution in [3.8, 4) is 0 Å². The van der Waals surface area contributed by atoms with Crippen molar-refractivity contribution in [2.24, 2.45) is 0 Å². The molecule has 2 aromatic heterocycles. The van der Waals surface area contributed by atoms with E-state index >= 15 is 0 Å². The number of nitrogens with one attached hydrogen (secondary N) is 3. The van der Waals surface area contributed by atoms with Crippen LogP contribution < -0.4 is 10.9 Å². The van der Waals surface area contributed by atoms with Crippen LogP contribution in [0.4, 0.5) is 11.6 Å². The van der Waals surface area contributed by atoms with Crippen molar-refractivity contribution in [3.63, 3.8) is 0 Å². The molecule has 0 aliphatic carbocycles. The second-order valence-electron chi connectivity index (χ2n) is 4.32. The molecule has 3 rings (SSSR count). The van der Waals surface area contributed by atoms with E-state index < -0.39 is 0 Å². The molecule has 7 heteroatoms. The van der Waals surface area contributed by atoms with Crippen LogP contribution in [0.25, 0.3) is 10.9 Å². The van der Waals surface area contributed by atoms with Crippen molar-refractivity contribution in [1.29, 1.82) is 0 Å². The number of H-pyrrole nitrogens is 2. The molecule has 0 aliphatic heterocycles. The zero-order valence-corrected chi connectivity index (χ0v) is 10.8. The van der Waals surface area contributed by atoms with Crippen LogP contribution in [0, 0.1) is 0 Å². The first kappa shape index (κ1) is 12.4. The van der Waals surface area contributed by atoms with Gasteiger partial charge in [0.15, 0.2) is 0 Å². The monoisotopic (exact) mass is 271 g/mol. The van der Waals surface area contributed by atoms with Gasteiger partial charge < -0.3 is 10.1 Å². The Bertz CT molecular complexity index is 793. The van der Waals surface area contributed by atoms with Crippen LogP contribution in [-0.4, -0.2) is 27.3 Å². The number of methoxy groups -OCH3 is 1. The number of benzene rings is 1. The Hall–Kier alpha value is -2.67. The van der Waals surface area contributed by atoms with Crippen LogP contribution in [0.2, 0.25) is 0 Å². The fourth-order valence-corrected chi connectivity index (χ4v) is 1.94. The van der Waals surface area contributed by atoms with Gasteiger partial charge >= 0.3 is 0 Å². The zero-order chi connectivity index (χ0) is 13.9. The number of anilines is 2. The summed E-state index contributed by atoms with van der Waals surface area (Å²) in [6.45, 7) is 0.290. The predicted octanol–water partition coefficient (Wildman–Crippen LogP) is 1.54. The van der Waals surface area contributed by atoms with Gasteiger partial charge in [-0.3, -0.25) is 14.9 Å². The predicted molar refractivity (Wildman–Crippen MR) is 74.9 cm³/mol. The summed E-state index contributed by atoms with van der Waals surface area (Å²) >= 11 is 0. The van der Waals surface area contributed by atoms with Crippen LogP contribution in [-0.2, 0) is 11.3 Å². The SMILES string of the molecule is COCc1cc(=O)[nH]c(Nc2ccc3cn[nH]c3c2)n1. The quantitative estimate of drug-likeness (QED) is 0.669. The van der Waals surface area contributed by atoms with Crippen molar-refractivity contribution in [2.75, 3.05) is 12.4 Å². The molecule has 3 aromatic rings. The minimum atomic E-state index is -0.225. The van der Waals surface area contributed by atoms with Crippen LogP contribution in [0.5, 0.6) is 0 Å². The van der Waals surface area contributed by atoms with Gasteiger partial charge in [0.2, 0.25) is 5.95 Å². The van der Waals surface area contributed by atoms with E-state index in [-0.39, 0.29) is 12.2 Å². The Labute approximate surface area is 114 Å². The van der Waals surface area contributed by atoms with Crippen LogP contribution in [0.3, 0.4) is 0 Å². The second-order valence-corrected chi connectivity index (χ2v) is 4.32. The number of aromatic nitrogens is 4. The highest BCUT2D eigenvalue weighted by molar-refractivity contribution is 5.82. The number of rotatable bonds is 4. The Morgan fingerprint density at radius 1 is 1.35 bits per heavy atom. The van der Waals surface area contributed by atoms with Crippen LogP contribution >= 0.6 is 0 Å². The number of hydrogen-bond donors (Lipinski definition) is 3. The van der Waals surface area contributed by atoms with Crippen LogP contribution in [0.15, 0.2) is 35.3 Å². The van der Waals surface area contributed by atoms with E-state index in [2.05, 4.69) is 25.5 Å². The molecule has 0 aliphatic rings. The maximum atomic E-state index is 11.5. The topological polar surface area (TPSA) is 95.7 Å². The van der Waals surface area contributed by atoms with E-state index in [9.17, 15) is 4.79 Å². The van der Waals surface area contributed by atoms with Gasteiger partial charge in [-0.2, -0.15) is 5.10 Å². The third kappa shape index (κ3) is 2.52. The summed E-state index contributed by atoms with van der Waals surface area (Å²) in [4.78, 5) is 18.4. The van der Waals surface area contributed by atoms with E-state index in [1.807, 2.05) is 18.2 Å². The number of nitrogens with zero attached hydrogens (tertiary/aromatic N) is 2. The summed E-state index contributed by atoms with van der Waals surface area (Å²) in [5, 5.41) is 10.9. The highest BCUT2D eigenvalue weighted by atomic mass is 16.5. The first-order chi connectivity index (χ1) is 9.74. The summed E-state index contributed by atoms with van der Waals surface area (Å²) in [7, 11) is 1.56. The minimum Gasteiger partial charge on any atom is -0.378 e. The molecule has 0 bridgehead atoms. The second kappa shape index (κ2) is 5.14. The lowest BCUT2D eigenvalue weighted by atomic mass is 10.2. The highest BCUT2D eigenvalue weighted by Gasteiger charge is 2.03. The molecule has 20 heavy (non-hydrogen) atoms. The molecule has 0 saturated carbocycles. The Morgan fingerprint density at radius 3 is 3.10 bits per heavy atom. The lowest BCUT2D eigenvalue weighted by Crippen LogP contribution is -2.12. The Balaban J connectivity index is 1.91. The molecule has 0 fully saturated rings. The lowest BCUT2D eigenvalue weighted by Gasteiger charge is -2.06. The van der Waals surface area contributed by atoms with Gasteiger partial charge in [0.25, 0.3) is 5.56 Å². The third-order valence-electron chi connectivity index (χ3n) is 2.79. The fraction of sp³-hybridized carbons (Fsp3) is 0.154. The first-order valence-corrected chi connectivity index (χ1v) is 6.04. The summed E-state index contributed by atoms with van der Waals surface area (Å²) in [5.74, 6) is 0.378. The smallest absolute Gasteiger partial charge is 0.252 e. The van der Waals surface area contributed by atoms with E-state index in [1.165, 1.54) is 6.07 Å². The Kier molecular flexibility index (Phi) is 3.18. The fourth-order valence-electron chi connectivity index (χ4n) is 1.94. The van der Waals surface area contributed by atoms with Gasteiger partial charge in [-0.1, -0.05) is 0 Å². The number of aromatic amines is 2. The van der Waals surface area contributed by atoms with Gasteiger partial charge in [0, 0.05) is 24.2 Å². The van der Waals surface area contributed by atoms with Gasteiger partial charge in [-0.25, -0.2) is 4.98 Å². The van der Waals surface area contributed by atoms with E-state index in [0.717, 1.165) is 16.6 Å².